The van der Waals surface area contributed by atoms with Crippen LogP contribution in [0.4, 0.5) is 13.2 Å². The normalized spacial score (nSPS) is 14.1. The Balaban J connectivity index is 2.10. The molecular formula is C22H18F3NO2. The Kier molecular flexibility index (Phi) is 5.80. The van der Waals surface area contributed by atoms with E-state index in [1.807, 2.05) is 0 Å². The van der Waals surface area contributed by atoms with Crippen LogP contribution in [0.2, 0.25) is 0 Å². The first-order valence-electron chi connectivity index (χ1n) is 8.59. The van der Waals surface area contributed by atoms with Gasteiger partial charge in [-0.1, -0.05) is 66.7 Å². The van der Waals surface area contributed by atoms with Crippen LogP contribution in [-0.2, 0) is 16.9 Å². The first-order valence-corrected chi connectivity index (χ1v) is 8.59. The van der Waals surface area contributed by atoms with Crippen LogP contribution in [0.3, 0.4) is 0 Å². The van der Waals surface area contributed by atoms with Gasteiger partial charge >= 0.3 is 6.18 Å². The lowest BCUT2D eigenvalue weighted by molar-refractivity contribution is -0.267. The number of aromatic amines is 1. The summed E-state index contributed by atoms with van der Waals surface area (Å²) in [4.78, 5) is 14.6. The zero-order valence-corrected chi connectivity index (χ0v) is 14.8. The summed E-state index contributed by atoms with van der Waals surface area (Å²) in [5.74, 6) is 0. The molecule has 1 atom stereocenters. The minimum absolute atomic E-state index is 0.312. The lowest BCUT2D eigenvalue weighted by atomic mass is 9.92. The van der Waals surface area contributed by atoms with Crippen molar-refractivity contribution in [3.05, 3.63) is 112 Å². The van der Waals surface area contributed by atoms with Crippen molar-refractivity contribution in [3.8, 4) is 0 Å². The third kappa shape index (κ3) is 4.23. The van der Waals surface area contributed by atoms with Gasteiger partial charge in [0.2, 0.25) is 5.60 Å². The van der Waals surface area contributed by atoms with Gasteiger partial charge in [0.15, 0.2) is 0 Å². The smallest absolute Gasteiger partial charge is 0.352 e. The van der Waals surface area contributed by atoms with E-state index in [2.05, 4.69) is 4.98 Å². The fourth-order valence-corrected chi connectivity index (χ4v) is 2.81. The maximum atomic E-state index is 14.3. The SMILES string of the molecule is O=c1[nH]cccc1[C@](/C=C/c1ccccc1)(OCc1ccccc1)C(F)(F)F. The molecule has 28 heavy (non-hydrogen) atoms. The molecule has 6 heteroatoms. The largest absolute Gasteiger partial charge is 0.425 e. The molecule has 0 aliphatic carbocycles. The first kappa shape index (κ1) is 19.6. The second kappa shape index (κ2) is 8.27. The third-order valence-corrected chi connectivity index (χ3v) is 4.26. The molecule has 0 saturated carbocycles. The highest BCUT2D eigenvalue weighted by Crippen LogP contribution is 2.43. The van der Waals surface area contributed by atoms with Crippen LogP contribution < -0.4 is 5.56 Å². The second-order valence-corrected chi connectivity index (χ2v) is 6.16. The molecule has 3 nitrogen and oxygen atoms in total. The van der Waals surface area contributed by atoms with Crippen LogP contribution in [0, 0.1) is 0 Å². The van der Waals surface area contributed by atoms with Gasteiger partial charge in [0, 0.05) is 6.20 Å². The summed E-state index contributed by atoms with van der Waals surface area (Å²) >= 11 is 0. The van der Waals surface area contributed by atoms with Crippen molar-refractivity contribution in [2.45, 2.75) is 18.4 Å². The Bertz CT molecular complexity index is 982. The molecule has 0 amide bonds. The second-order valence-electron chi connectivity index (χ2n) is 6.16. The molecule has 0 aliphatic rings. The Morgan fingerprint density at radius 2 is 1.54 bits per heavy atom. The topological polar surface area (TPSA) is 42.1 Å². The highest BCUT2D eigenvalue weighted by Gasteiger charge is 2.57. The van der Waals surface area contributed by atoms with Crippen LogP contribution >= 0.6 is 0 Å². The van der Waals surface area contributed by atoms with Crippen molar-refractivity contribution in [3.63, 3.8) is 0 Å². The number of nitrogens with one attached hydrogen (secondary N) is 1. The zero-order valence-electron chi connectivity index (χ0n) is 14.8. The van der Waals surface area contributed by atoms with E-state index in [1.165, 1.54) is 18.3 Å². The Labute approximate surface area is 160 Å². The van der Waals surface area contributed by atoms with Crippen molar-refractivity contribution >= 4 is 6.08 Å². The number of alkyl halides is 3. The Morgan fingerprint density at radius 3 is 2.14 bits per heavy atom. The van der Waals surface area contributed by atoms with Gasteiger partial charge in [0.05, 0.1) is 12.2 Å². The number of hydrogen-bond acceptors (Lipinski definition) is 2. The van der Waals surface area contributed by atoms with Gasteiger partial charge in [-0.25, -0.2) is 0 Å². The zero-order chi connectivity index (χ0) is 20.0. The average Bonchev–Trinajstić information content (AvgIpc) is 2.70. The van der Waals surface area contributed by atoms with Gasteiger partial charge in [-0.15, -0.1) is 0 Å². The van der Waals surface area contributed by atoms with Crippen molar-refractivity contribution in [1.82, 2.24) is 4.98 Å². The van der Waals surface area contributed by atoms with Crippen molar-refractivity contribution in [2.75, 3.05) is 0 Å². The van der Waals surface area contributed by atoms with Crippen LogP contribution in [0.25, 0.3) is 6.08 Å². The maximum absolute atomic E-state index is 14.3. The van der Waals surface area contributed by atoms with E-state index in [1.54, 1.807) is 60.7 Å². The van der Waals surface area contributed by atoms with Gasteiger partial charge in [0.25, 0.3) is 5.56 Å². The molecule has 0 bridgehead atoms. The number of ether oxygens (including phenoxy) is 1. The molecular weight excluding hydrogens is 367 g/mol. The molecule has 3 aromatic rings. The molecule has 144 valence electrons. The predicted molar refractivity (Wildman–Crippen MR) is 102 cm³/mol. The summed E-state index contributed by atoms with van der Waals surface area (Å²) in [6.07, 6.45) is -1.37. The lowest BCUT2D eigenvalue weighted by Crippen LogP contribution is -2.46. The number of halogens is 3. The fraction of sp³-hybridized carbons (Fsp3) is 0.136. The monoisotopic (exact) mass is 385 g/mol. The van der Waals surface area contributed by atoms with E-state index in [-0.39, 0.29) is 6.61 Å². The summed E-state index contributed by atoms with van der Waals surface area (Å²) in [5, 5.41) is 0. The molecule has 1 aromatic heterocycles. The number of rotatable bonds is 6. The molecule has 3 rings (SSSR count). The van der Waals surface area contributed by atoms with E-state index in [4.69, 9.17) is 4.74 Å². The number of aromatic nitrogens is 1. The van der Waals surface area contributed by atoms with Gasteiger partial charge < -0.3 is 9.72 Å². The van der Waals surface area contributed by atoms with Crippen LogP contribution in [0.1, 0.15) is 16.7 Å². The van der Waals surface area contributed by atoms with Crippen LogP contribution in [0.15, 0.2) is 89.9 Å². The van der Waals surface area contributed by atoms with E-state index in [9.17, 15) is 18.0 Å². The highest BCUT2D eigenvalue weighted by atomic mass is 19.4. The van der Waals surface area contributed by atoms with Crippen LogP contribution in [0.5, 0.6) is 0 Å². The fourth-order valence-electron chi connectivity index (χ4n) is 2.81. The minimum atomic E-state index is -4.86. The molecule has 1 N–H and O–H groups in total. The van der Waals surface area contributed by atoms with Crippen molar-refractivity contribution < 1.29 is 17.9 Å². The standard InChI is InChI=1S/C22H18F3NO2/c23-22(24,25)21(19-12-7-15-26-20(19)27,14-13-17-8-3-1-4-9-17)28-16-18-10-5-2-6-11-18/h1-15H,16H2,(H,26,27)/b14-13+/t21-/m0/s1. The van der Waals surface area contributed by atoms with E-state index in [0.717, 1.165) is 12.1 Å². The predicted octanol–water partition coefficient (Wildman–Crippen LogP) is 5.06. The molecule has 0 aliphatic heterocycles. The van der Waals surface area contributed by atoms with Crippen LogP contribution in [-0.4, -0.2) is 11.2 Å². The van der Waals surface area contributed by atoms with Gasteiger partial charge in [-0.2, -0.15) is 13.2 Å². The first-order chi connectivity index (χ1) is 13.4. The van der Waals surface area contributed by atoms with Gasteiger partial charge in [-0.05, 0) is 29.3 Å². The number of hydrogen-bond donors (Lipinski definition) is 1. The van der Waals surface area contributed by atoms with Crippen molar-refractivity contribution in [2.24, 2.45) is 0 Å². The lowest BCUT2D eigenvalue weighted by Gasteiger charge is -2.33. The maximum Gasteiger partial charge on any atom is 0.425 e. The number of pyridine rings is 1. The van der Waals surface area contributed by atoms with E-state index >= 15 is 0 Å². The molecule has 0 spiro atoms. The highest BCUT2D eigenvalue weighted by molar-refractivity contribution is 5.52. The minimum Gasteiger partial charge on any atom is -0.352 e. The molecule has 0 saturated heterocycles. The summed E-state index contributed by atoms with van der Waals surface area (Å²) in [7, 11) is 0. The molecule has 1 heterocycles. The summed E-state index contributed by atoms with van der Waals surface area (Å²) in [6.45, 7) is -0.312. The third-order valence-electron chi connectivity index (χ3n) is 4.26. The van der Waals surface area contributed by atoms with Gasteiger partial charge in [0.1, 0.15) is 0 Å². The molecule has 2 aromatic carbocycles. The van der Waals surface area contributed by atoms with Gasteiger partial charge in [-0.3, -0.25) is 4.79 Å². The number of H-pyrrole nitrogens is 1. The average molecular weight is 385 g/mol. The summed E-state index contributed by atoms with van der Waals surface area (Å²) in [5.41, 5.74) is -3.15. The van der Waals surface area contributed by atoms with E-state index < -0.39 is 22.9 Å². The van der Waals surface area contributed by atoms with E-state index in [0.29, 0.717) is 11.1 Å². The quantitative estimate of drug-likeness (QED) is 0.644. The molecule has 0 unspecified atom stereocenters. The number of benzene rings is 2. The Morgan fingerprint density at radius 1 is 0.893 bits per heavy atom. The summed E-state index contributed by atoms with van der Waals surface area (Å²) in [6, 6.07) is 19.5. The molecule has 0 fully saturated rings. The Hall–Kier alpha value is -3.12. The van der Waals surface area contributed by atoms with Crippen molar-refractivity contribution in [1.29, 1.82) is 0 Å². The molecule has 0 radical (unpaired) electrons. The summed E-state index contributed by atoms with van der Waals surface area (Å²) < 4.78 is 48.4.